The summed E-state index contributed by atoms with van der Waals surface area (Å²) in [4.78, 5) is 12.6. The van der Waals surface area contributed by atoms with Crippen LogP contribution in [0.15, 0.2) is 48.5 Å². The predicted octanol–water partition coefficient (Wildman–Crippen LogP) is 6.11. The number of hydrogen-bond donors (Lipinski definition) is 2. The molecular formula is C19H13ClF6N4O. The standard InChI is InChI=1S/C19H13ClF6N4O/c1-30-16(9-15(29-30)19(24,25)26)28-17(31)11-4-2-3-5-14(11)27-10-6-7-13(20)12(8-10)18(21,22)23/h2-9,27H,1H3,(H,28,31). The van der Waals surface area contributed by atoms with E-state index in [0.29, 0.717) is 6.07 Å². The molecule has 3 rings (SSSR count). The van der Waals surface area contributed by atoms with Gasteiger partial charge in [-0.15, -0.1) is 0 Å². The van der Waals surface area contributed by atoms with E-state index in [2.05, 4.69) is 15.7 Å². The Morgan fingerprint density at radius 2 is 1.68 bits per heavy atom. The Kier molecular flexibility index (Phi) is 5.90. The van der Waals surface area contributed by atoms with Crippen LogP contribution in [-0.4, -0.2) is 15.7 Å². The minimum atomic E-state index is -4.69. The summed E-state index contributed by atoms with van der Waals surface area (Å²) in [7, 11) is 1.22. The second-order valence-electron chi connectivity index (χ2n) is 6.35. The summed E-state index contributed by atoms with van der Waals surface area (Å²) in [5.74, 6) is -0.997. The lowest BCUT2D eigenvalue weighted by Crippen LogP contribution is -2.16. The molecule has 0 aliphatic rings. The number of aryl methyl sites for hydroxylation is 1. The zero-order valence-electron chi connectivity index (χ0n) is 15.6. The van der Waals surface area contributed by atoms with E-state index in [4.69, 9.17) is 11.6 Å². The quantitative estimate of drug-likeness (QED) is 0.460. The molecule has 0 radical (unpaired) electrons. The zero-order chi connectivity index (χ0) is 23.0. The van der Waals surface area contributed by atoms with E-state index in [1.165, 1.54) is 37.4 Å². The maximum Gasteiger partial charge on any atom is 0.435 e. The summed E-state index contributed by atoms with van der Waals surface area (Å²) < 4.78 is 78.5. The molecule has 1 heterocycles. The Balaban J connectivity index is 1.88. The third-order valence-electron chi connectivity index (χ3n) is 4.13. The van der Waals surface area contributed by atoms with Crippen molar-refractivity contribution in [3.05, 3.63) is 70.4 Å². The number of para-hydroxylation sites is 1. The number of amides is 1. The van der Waals surface area contributed by atoms with Crippen molar-refractivity contribution in [1.29, 1.82) is 0 Å². The number of hydrogen-bond acceptors (Lipinski definition) is 3. The van der Waals surface area contributed by atoms with Gasteiger partial charge in [0.2, 0.25) is 0 Å². The summed E-state index contributed by atoms with van der Waals surface area (Å²) in [6.45, 7) is 0. The molecule has 164 valence electrons. The van der Waals surface area contributed by atoms with Gasteiger partial charge < -0.3 is 10.6 Å². The first-order valence-corrected chi connectivity index (χ1v) is 8.89. The number of aromatic nitrogens is 2. The molecule has 2 aromatic carbocycles. The Morgan fingerprint density at radius 1 is 1.00 bits per heavy atom. The van der Waals surface area contributed by atoms with Gasteiger partial charge in [0.05, 0.1) is 21.8 Å². The second-order valence-corrected chi connectivity index (χ2v) is 6.76. The number of benzene rings is 2. The number of carbonyl (C=O) groups excluding carboxylic acids is 1. The lowest BCUT2D eigenvalue weighted by molar-refractivity contribution is -0.141. The van der Waals surface area contributed by atoms with Crippen molar-refractivity contribution < 1.29 is 31.1 Å². The van der Waals surface area contributed by atoms with Gasteiger partial charge in [-0.1, -0.05) is 23.7 Å². The Morgan fingerprint density at radius 3 is 2.29 bits per heavy atom. The first kappa shape index (κ1) is 22.5. The van der Waals surface area contributed by atoms with Crippen molar-refractivity contribution in [2.24, 2.45) is 7.05 Å². The van der Waals surface area contributed by atoms with Crippen LogP contribution in [0.2, 0.25) is 5.02 Å². The average Bonchev–Trinajstić information content (AvgIpc) is 3.03. The third-order valence-corrected chi connectivity index (χ3v) is 4.46. The SMILES string of the molecule is Cn1nc(C(F)(F)F)cc1NC(=O)c1ccccc1Nc1ccc(Cl)c(C(F)(F)F)c1. The van der Waals surface area contributed by atoms with E-state index < -0.39 is 34.5 Å². The number of nitrogens with one attached hydrogen (secondary N) is 2. The molecule has 3 aromatic rings. The van der Waals surface area contributed by atoms with Crippen LogP contribution < -0.4 is 10.6 Å². The predicted molar refractivity (Wildman–Crippen MR) is 102 cm³/mol. The highest BCUT2D eigenvalue weighted by atomic mass is 35.5. The maximum absolute atomic E-state index is 13.1. The fourth-order valence-electron chi connectivity index (χ4n) is 2.67. The third kappa shape index (κ3) is 5.10. The smallest absolute Gasteiger partial charge is 0.355 e. The molecule has 0 unspecified atom stereocenters. The average molecular weight is 463 g/mol. The number of rotatable bonds is 4. The van der Waals surface area contributed by atoms with Gasteiger partial charge in [-0.2, -0.15) is 31.4 Å². The highest BCUT2D eigenvalue weighted by Crippen LogP contribution is 2.37. The van der Waals surface area contributed by atoms with Crippen molar-refractivity contribution >= 4 is 34.7 Å². The maximum atomic E-state index is 13.1. The molecule has 0 aliphatic heterocycles. The number of alkyl halides is 6. The second kappa shape index (κ2) is 8.14. The summed E-state index contributed by atoms with van der Waals surface area (Å²) in [5.41, 5.74) is -2.11. The van der Waals surface area contributed by atoms with Gasteiger partial charge in [-0.25, -0.2) is 0 Å². The van der Waals surface area contributed by atoms with Gasteiger partial charge in [0.1, 0.15) is 5.82 Å². The van der Waals surface area contributed by atoms with Crippen LogP contribution in [0, 0.1) is 0 Å². The van der Waals surface area contributed by atoms with E-state index in [9.17, 15) is 31.1 Å². The van der Waals surface area contributed by atoms with Crippen LogP contribution in [0.5, 0.6) is 0 Å². The number of halogens is 7. The van der Waals surface area contributed by atoms with E-state index >= 15 is 0 Å². The molecule has 1 aromatic heterocycles. The summed E-state index contributed by atoms with van der Waals surface area (Å²) in [5, 5.41) is 7.83. The van der Waals surface area contributed by atoms with Crippen molar-refractivity contribution in [3.63, 3.8) is 0 Å². The number of carbonyl (C=O) groups is 1. The van der Waals surface area contributed by atoms with Gasteiger partial charge in [-0.05, 0) is 30.3 Å². The molecule has 5 nitrogen and oxygen atoms in total. The van der Waals surface area contributed by atoms with Crippen LogP contribution in [-0.2, 0) is 19.4 Å². The van der Waals surface area contributed by atoms with Gasteiger partial charge in [0.15, 0.2) is 5.69 Å². The Hall–Kier alpha value is -3.21. The van der Waals surface area contributed by atoms with Crippen molar-refractivity contribution in [1.82, 2.24) is 9.78 Å². The fourth-order valence-corrected chi connectivity index (χ4v) is 2.90. The van der Waals surface area contributed by atoms with Crippen molar-refractivity contribution in [2.45, 2.75) is 12.4 Å². The molecule has 1 amide bonds. The molecular weight excluding hydrogens is 450 g/mol. The Bertz CT molecular complexity index is 1120. The number of nitrogens with zero attached hydrogens (tertiary/aromatic N) is 2. The van der Waals surface area contributed by atoms with E-state index in [1.54, 1.807) is 0 Å². The topological polar surface area (TPSA) is 59.0 Å². The van der Waals surface area contributed by atoms with Crippen LogP contribution in [0.25, 0.3) is 0 Å². The van der Waals surface area contributed by atoms with Crippen LogP contribution in [0.1, 0.15) is 21.6 Å². The van der Waals surface area contributed by atoms with Crippen LogP contribution in [0.4, 0.5) is 43.5 Å². The molecule has 2 N–H and O–H groups in total. The molecule has 0 saturated carbocycles. The molecule has 0 saturated heterocycles. The molecule has 0 spiro atoms. The molecule has 12 heteroatoms. The van der Waals surface area contributed by atoms with Crippen molar-refractivity contribution in [3.8, 4) is 0 Å². The minimum Gasteiger partial charge on any atom is -0.355 e. The normalized spacial score (nSPS) is 12.0. The highest BCUT2D eigenvalue weighted by Gasteiger charge is 2.35. The molecule has 0 bridgehead atoms. The van der Waals surface area contributed by atoms with E-state index in [-0.39, 0.29) is 22.8 Å². The van der Waals surface area contributed by atoms with Gasteiger partial charge >= 0.3 is 12.4 Å². The largest absolute Gasteiger partial charge is 0.435 e. The van der Waals surface area contributed by atoms with E-state index in [1.807, 2.05) is 0 Å². The summed E-state index contributed by atoms with van der Waals surface area (Å²) >= 11 is 5.60. The lowest BCUT2D eigenvalue weighted by Gasteiger charge is -2.15. The zero-order valence-corrected chi connectivity index (χ0v) is 16.3. The summed E-state index contributed by atoms with van der Waals surface area (Å²) in [6, 6.07) is 9.63. The molecule has 0 aliphatic carbocycles. The molecule has 0 fully saturated rings. The lowest BCUT2D eigenvalue weighted by atomic mass is 10.1. The van der Waals surface area contributed by atoms with Crippen LogP contribution in [0.3, 0.4) is 0 Å². The first-order chi connectivity index (χ1) is 14.4. The first-order valence-electron chi connectivity index (χ1n) is 8.51. The molecule has 31 heavy (non-hydrogen) atoms. The van der Waals surface area contributed by atoms with Gasteiger partial charge in [0, 0.05) is 18.8 Å². The fraction of sp³-hybridized carbons (Fsp3) is 0.158. The highest BCUT2D eigenvalue weighted by molar-refractivity contribution is 6.31. The molecule has 0 atom stereocenters. The van der Waals surface area contributed by atoms with Gasteiger partial charge in [-0.3, -0.25) is 9.48 Å². The number of anilines is 3. The minimum absolute atomic E-state index is 0.0110. The summed E-state index contributed by atoms with van der Waals surface area (Å²) in [6.07, 6.45) is -9.37. The van der Waals surface area contributed by atoms with E-state index in [0.717, 1.165) is 16.8 Å². The Labute approximate surface area is 176 Å². The van der Waals surface area contributed by atoms with Gasteiger partial charge in [0.25, 0.3) is 5.91 Å². The monoisotopic (exact) mass is 462 g/mol. The van der Waals surface area contributed by atoms with Crippen molar-refractivity contribution in [2.75, 3.05) is 10.6 Å². The van der Waals surface area contributed by atoms with Crippen LogP contribution >= 0.6 is 11.6 Å².